The van der Waals surface area contributed by atoms with Crippen LogP contribution in [-0.2, 0) is 0 Å². The van der Waals surface area contributed by atoms with Gasteiger partial charge in [0.25, 0.3) is 0 Å². The average molecular weight is 633 g/mol. The predicted molar refractivity (Wildman–Crippen MR) is 212 cm³/mol. The van der Waals surface area contributed by atoms with Crippen molar-refractivity contribution in [1.29, 1.82) is 0 Å². The third-order valence-electron chi connectivity index (χ3n) is 11.2. The summed E-state index contributed by atoms with van der Waals surface area (Å²) in [7, 11) is 0. The molecule has 0 amide bonds. The lowest BCUT2D eigenvalue weighted by molar-refractivity contribution is 1.17. The molecule has 11 aromatic rings. The lowest BCUT2D eigenvalue weighted by Gasteiger charge is -2.13. The second-order valence-corrected chi connectivity index (χ2v) is 13.7. The van der Waals surface area contributed by atoms with Gasteiger partial charge in [-0.15, -0.1) is 0 Å². The Balaban J connectivity index is 1.16. The minimum Gasteiger partial charge on any atom is -0.309 e. The van der Waals surface area contributed by atoms with Crippen molar-refractivity contribution < 1.29 is 0 Å². The molecule has 2 nitrogen and oxygen atoms in total. The van der Waals surface area contributed by atoms with Gasteiger partial charge in [-0.05, 0) is 103 Å². The minimum atomic E-state index is 1.17. The van der Waals surface area contributed by atoms with Crippen LogP contribution in [0, 0.1) is 0 Å². The summed E-state index contributed by atoms with van der Waals surface area (Å²) >= 11 is 0. The molecule has 50 heavy (non-hydrogen) atoms. The number of nitrogens with zero attached hydrogens (tertiary/aromatic N) is 2. The standard InChI is InChI=1S/C48H28N2/c1-3-13-34-29(10-1)20-23-44-47(34)48-35-14-4-2-11-30(35)21-24-45(48)49(44)32-22-25-43-40(27-32)38-17-7-8-19-42(38)50(43)33-26-31-12-9-18-39-36-15-5-6-16-37(36)41(28-33)46(31)39/h1-28H. The summed E-state index contributed by atoms with van der Waals surface area (Å²) in [5, 5.41) is 12.9. The van der Waals surface area contributed by atoms with Gasteiger partial charge in [-0.1, -0.05) is 121 Å². The molecule has 2 heterocycles. The quantitative estimate of drug-likeness (QED) is 0.179. The zero-order chi connectivity index (χ0) is 32.5. The number of fused-ring (bicyclic) bond motifs is 13. The molecule has 0 spiro atoms. The molecule has 0 radical (unpaired) electrons. The fourth-order valence-corrected chi connectivity index (χ4v) is 9.14. The molecule has 0 saturated carbocycles. The molecule has 0 N–H and O–H groups in total. The van der Waals surface area contributed by atoms with Gasteiger partial charge in [-0.3, -0.25) is 0 Å². The molecule has 0 saturated heterocycles. The first kappa shape index (κ1) is 26.3. The normalized spacial score (nSPS) is 12.4. The molecule has 230 valence electrons. The topological polar surface area (TPSA) is 9.86 Å². The van der Waals surface area contributed by atoms with Crippen molar-refractivity contribution in [3.8, 4) is 33.6 Å². The predicted octanol–water partition coefficient (Wildman–Crippen LogP) is 13.0. The lowest BCUT2D eigenvalue weighted by atomic mass is 10.00. The average Bonchev–Trinajstić information content (AvgIpc) is 3.81. The Morgan fingerprint density at radius 2 is 0.800 bits per heavy atom. The second-order valence-electron chi connectivity index (χ2n) is 13.7. The maximum atomic E-state index is 2.48. The molecule has 0 bridgehead atoms. The van der Waals surface area contributed by atoms with Crippen LogP contribution in [0.3, 0.4) is 0 Å². The van der Waals surface area contributed by atoms with Crippen LogP contribution in [0.4, 0.5) is 0 Å². The Morgan fingerprint density at radius 1 is 0.260 bits per heavy atom. The number of para-hydroxylation sites is 1. The lowest BCUT2D eigenvalue weighted by Crippen LogP contribution is -1.96. The van der Waals surface area contributed by atoms with Crippen LogP contribution in [0.2, 0.25) is 0 Å². The Labute approximate surface area is 287 Å². The van der Waals surface area contributed by atoms with E-state index in [0.717, 1.165) is 0 Å². The molecule has 0 unspecified atom stereocenters. The van der Waals surface area contributed by atoms with Crippen molar-refractivity contribution in [3.63, 3.8) is 0 Å². The monoisotopic (exact) mass is 632 g/mol. The van der Waals surface area contributed by atoms with Gasteiger partial charge in [0, 0.05) is 32.9 Å². The Hall–Kier alpha value is -6.64. The maximum absolute atomic E-state index is 2.48. The third kappa shape index (κ3) is 3.32. The summed E-state index contributed by atoms with van der Waals surface area (Å²) in [6.07, 6.45) is 0. The van der Waals surface area contributed by atoms with E-state index in [1.165, 1.54) is 110 Å². The molecular formula is C48H28N2. The van der Waals surface area contributed by atoms with E-state index in [4.69, 9.17) is 0 Å². The highest BCUT2D eigenvalue weighted by Gasteiger charge is 2.23. The van der Waals surface area contributed by atoms with Crippen LogP contribution in [-0.4, -0.2) is 9.13 Å². The first-order chi connectivity index (χ1) is 24.8. The van der Waals surface area contributed by atoms with Crippen LogP contribution in [0.15, 0.2) is 170 Å². The van der Waals surface area contributed by atoms with Crippen LogP contribution in [0.1, 0.15) is 0 Å². The number of aromatic nitrogens is 2. The second kappa shape index (κ2) is 9.49. The Kier molecular flexibility index (Phi) is 5.00. The van der Waals surface area contributed by atoms with Gasteiger partial charge in [0.1, 0.15) is 0 Å². The van der Waals surface area contributed by atoms with E-state index in [1.54, 1.807) is 0 Å². The molecule has 1 aliphatic rings. The van der Waals surface area contributed by atoms with Gasteiger partial charge in [0.15, 0.2) is 0 Å². The fraction of sp³-hybridized carbons (Fsp3) is 0. The van der Waals surface area contributed by atoms with E-state index in [-0.39, 0.29) is 0 Å². The van der Waals surface area contributed by atoms with Gasteiger partial charge in [-0.2, -0.15) is 0 Å². The summed E-state index contributed by atoms with van der Waals surface area (Å²) in [6, 6.07) is 63.0. The van der Waals surface area contributed by atoms with Crippen molar-refractivity contribution in [2.75, 3.05) is 0 Å². The van der Waals surface area contributed by atoms with Gasteiger partial charge in [0.05, 0.1) is 22.1 Å². The fourth-order valence-electron chi connectivity index (χ4n) is 9.14. The van der Waals surface area contributed by atoms with Crippen LogP contribution < -0.4 is 0 Å². The van der Waals surface area contributed by atoms with E-state index in [0.29, 0.717) is 0 Å². The SMILES string of the molecule is c1ccc2c(c1)-c1cccc3cc(-n4c5ccccc5c5cc(-n6c7ccc8ccccc8c7c7c8ccccc8ccc76)ccc54)cc-2c13. The van der Waals surface area contributed by atoms with Gasteiger partial charge >= 0.3 is 0 Å². The minimum absolute atomic E-state index is 1.17. The van der Waals surface area contributed by atoms with Crippen molar-refractivity contribution in [3.05, 3.63) is 170 Å². The highest BCUT2D eigenvalue weighted by molar-refractivity contribution is 6.28. The summed E-state index contributed by atoms with van der Waals surface area (Å²) < 4.78 is 4.94. The largest absolute Gasteiger partial charge is 0.309 e. The van der Waals surface area contributed by atoms with E-state index in [2.05, 4.69) is 179 Å². The van der Waals surface area contributed by atoms with E-state index < -0.39 is 0 Å². The summed E-state index contributed by atoms with van der Waals surface area (Å²) in [5.41, 5.74) is 12.5. The molecular weight excluding hydrogens is 605 g/mol. The zero-order valence-corrected chi connectivity index (χ0v) is 27.1. The highest BCUT2D eigenvalue weighted by Crippen LogP contribution is 2.49. The van der Waals surface area contributed by atoms with Crippen LogP contribution in [0.25, 0.3) is 110 Å². The van der Waals surface area contributed by atoms with Crippen molar-refractivity contribution in [2.24, 2.45) is 0 Å². The van der Waals surface area contributed by atoms with E-state index in [1.807, 2.05) is 0 Å². The van der Waals surface area contributed by atoms with Crippen molar-refractivity contribution in [2.45, 2.75) is 0 Å². The van der Waals surface area contributed by atoms with Crippen LogP contribution >= 0.6 is 0 Å². The molecule has 2 aromatic heterocycles. The summed E-state index contributed by atoms with van der Waals surface area (Å²) in [6.45, 7) is 0. The summed E-state index contributed by atoms with van der Waals surface area (Å²) in [4.78, 5) is 0. The van der Waals surface area contributed by atoms with Crippen molar-refractivity contribution >= 4 is 75.9 Å². The van der Waals surface area contributed by atoms with Gasteiger partial charge in [-0.25, -0.2) is 0 Å². The first-order valence-electron chi connectivity index (χ1n) is 17.4. The smallest absolute Gasteiger partial charge is 0.0547 e. The molecule has 1 aliphatic carbocycles. The van der Waals surface area contributed by atoms with Crippen LogP contribution in [0.5, 0.6) is 0 Å². The first-order valence-corrected chi connectivity index (χ1v) is 17.4. The molecule has 2 heteroatoms. The third-order valence-corrected chi connectivity index (χ3v) is 11.2. The molecule has 12 rings (SSSR count). The maximum Gasteiger partial charge on any atom is 0.0547 e. The van der Waals surface area contributed by atoms with E-state index >= 15 is 0 Å². The molecule has 0 aliphatic heterocycles. The molecule has 9 aromatic carbocycles. The van der Waals surface area contributed by atoms with Gasteiger partial charge in [0.2, 0.25) is 0 Å². The van der Waals surface area contributed by atoms with Gasteiger partial charge < -0.3 is 9.13 Å². The Morgan fingerprint density at radius 3 is 1.54 bits per heavy atom. The van der Waals surface area contributed by atoms with Crippen molar-refractivity contribution in [1.82, 2.24) is 9.13 Å². The highest BCUT2D eigenvalue weighted by atomic mass is 15.0. The van der Waals surface area contributed by atoms with E-state index in [9.17, 15) is 0 Å². The number of rotatable bonds is 2. The molecule has 0 atom stereocenters. The summed E-state index contributed by atoms with van der Waals surface area (Å²) in [5.74, 6) is 0. The zero-order valence-electron chi connectivity index (χ0n) is 27.1. The Bertz CT molecular complexity index is 3170. The number of hydrogen-bond donors (Lipinski definition) is 0. The number of benzene rings is 9. The number of hydrogen-bond acceptors (Lipinski definition) is 0. The molecule has 0 fully saturated rings.